The van der Waals surface area contributed by atoms with Gasteiger partial charge in [0.25, 0.3) is 5.91 Å². The van der Waals surface area contributed by atoms with Gasteiger partial charge in [-0.3, -0.25) is 24.6 Å². The summed E-state index contributed by atoms with van der Waals surface area (Å²) in [7, 11) is 2.87. The highest BCUT2D eigenvalue weighted by molar-refractivity contribution is 6.08. The number of methoxy groups -OCH3 is 2. The fourth-order valence-electron chi connectivity index (χ4n) is 5.83. The van der Waals surface area contributed by atoms with Gasteiger partial charge >= 0.3 is 11.7 Å². The van der Waals surface area contributed by atoms with Crippen LogP contribution in [-0.4, -0.2) is 59.3 Å². The molecule has 10 nitrogen and oxygen atoms in total. The first-order valence-electron chi connectivity index (χ1n) is 12.5. The molecule has 4 unspecified atom stereocenters. The van der Waals surface area contributed by atoms with Crippen molar-refractivity contribution in [1.82, 2.24) is 9.80 Å². The number of fused-ring (bicyclic) bond motifs is 1. The second kappa shape index (κ2) is 10.2. The Morgan fingerprint density at radius 2 is 1.59 bits per heavy atom. The summed E-state index contributed by atoms with van der Waals surface area (Å²) in [5.74, 6) is -1.62. The molecule has 0 aliphatic carbocycles. The van der Waals surface area contributed by atoms with Crippen LogP contribution in [0.3, 0.4) is 0 Å². The number of imide groups is 1. The molecule has 200 valence electrons. The van der Waals surface area contributed by atoms with Gasteiger partial charge < -0.3 is 14.4 Å². The van der Waals surface area contributed by atoms with E-state index in [1.54, 1.807) is 74.7 Å². The predicted molar refractivity (Wildman–Crippen MR) is 141 cm³/mol. The number of urea groups is 1. The van der Waals surface area contributed by atoms with E-state index in [0.717, 1.165) is 4.90 Å². The first kappa shape index (κ1) is 25.9. The van der Waals surface area contributed by atoms with Crippen LogP contribution >= 0.6 is 0 Å². The van der Waals surface area contributed by atoms with E-state index in [9.17, 15) is 24.5 Å². The topological polar surface area (TPSA) is 119 Å². The van der Waals surface area contributed by atoms with Crippen molar-refractivity contribution in [3.8, 4) is 11.5 Å². The lowest BCUT2D eigenvalue weighted by atomic mass is 9.75. The largest absolute Gasteiger partial charge is 0.497 e. The number of hydrogen-bond acceptors (Lipinski definition) is 7. The number of hydrogen-bond donors (Lipinski definition) is 0. The highest BCUT2D eigenvalue weighted by Gasteiger charge is 2.63. The molecule has 3 aromatic rings. The van der Waals surface area contributed by atoms with Gasteiger partial charge in [-0.2, -0.15) is 0 Å². The smallest absolute Gasteiger partial charge is 0.327 e. The van der Waals surface area contributed by atoms with E-state index in [1.807, 2.05) is 0 Å². The maximum atomic E-state index is 14.2. The Morgan fingerprint density at radius 3 is 2.18 bits per heavy atom. The third-order valence-electron chi connectivity index (χ3n) is 7.56. The molecule has 0 bridgehead atoms. The maximum Gasteiger partial charge on any atom is 0.327 e. The molecule has 0 N–H and O–H groups in total. The zero-order chi connectivity index (χ0) is 27.8. The summed E-state index contributed by atoms with van der Waals surface area (Å²) < 4.78 is 10.5. The number of Topliss-reactive ketones (excluding diaryl/α,β-unsaturated/α-hetero) is 1. The molecule has 4 atom stereocenters. The second-order valence-corrected chi connectivity index (χ2v) is 9.41. The minimum Gasteiger partial charge on any atom is -0.497 e. The highest BCUT2D eigenvalue weighted by atomic mass is 16.6. The number of nitro groups is 1. The van der Waals surface area contributed by atoms with Crippen LogP contribution in [0.2, 0.25) is 0 Å². The van der Waals surface area contributed by atoms with Crippen molar-refractivity contribution in [2.24, 2.45) is 5.92 Å². The summed E-state index contributed by atoms with van der Waals surface area (Å²) in [6.45, 7) is 1.87. The van der Waals surface area contributed by atoms with Crippen LogP contribution in [0.15, 0.2) is 72.8 Å². The standard InChI is InChI=1S/C29H27N3O7/c1-4-30-28(34)26-23(17-10-13-20(38-2)14-11-17)24(27(33)18-8-6-5-7-9-18)25(31(26)29(30)35)19-12-15-22(39-3)21(16-19)32(36)37/h5-16,23-26H,4H2,1-3H3. The number of amides is 3. The summed E-state index contributed by atoms with van der Waals surface area (Å²) in [4.78, 5) is 55.5. The Morgan fingerprint density at radius 1 is 0.923 bits per heavy atom. The van der Waals surface area contributed by atoms with Crippen LogP contribution in [0.1, 0.15) is 40.4 Å². The molecule has 3 aromatic carbocycles. The van der Waals surface area contributed by atoms with E-state index in [0.29, 0.717) is 22.4 Å². The summed E-state index contributed by atoms with van der Waals surface area (Å²) in [5.41, 5.74) is 1.18. The van der Waals surface area contributed by atoms with Gasteiger partial charge in [0, 0.05) is 24.1 Å². The molecule has 2 fully saturated rings. The van der Waals surface area contributed by atoms with E-state index in [1.165, 1.54) is 24.1 Å². The van der Waals surface area contributed by atoms with E-state index < -0.39 is 40.8 Å². The van der Waals surface area contributed by atoms with E-state index in [4.69, 9.17) is 9.47 Å². The van der Waals surface area contributed by atoms with Crippen LogP contribution in [0, 0.1) is 16.0 Å². The molecule has 2 aliphatic rings. The van der Waals surface area contributed by atoms with Gasteiger partial charge in [-0.1, -0.05) is 48.5 Å². The minimum absolute atomic E-state index is 0.0509. The Labute approximate surface area is 224 Å². The van der Waals surface area contributed by atoms with Gasteiger partial charge in [0.05, 0.1) is 31.1 Å². The zero-order valence-corrected chi connectivity index (χ0v) is 21.6. The molecule has 0 spiro atoms. The van der Waals surface area contributed by atoms with Gasteiger partial charge in [0.2, 0.25) is 0 Å². The van der Waals surface area contributed by atoms with Crippen LogP contribution in [0.4, 0.5) is 10.5 Å². The average molecular weight is 530 g/mol. The quantitative estimate of drug-likeness (QED) is 0.181. The molecule has 10 heteroatoms. The van der Waals surface area contributed by atoms with Crippen LogP contribution < -0.4 is 9.47 Å². The number of nitro benzene ring substituents is 1. The number of ketones is 1. The lowest BCUT2D eigenvalue weighted by molar-refractivity contribution is -0.385. The summed E-state index contributed by atoms with van der Waals surface area (Å²) in [5, 5.41) is 11.9. The third-order valence-corrected chi connectivity index (χ3v) is 7.56. The number of rotatable bonds is 8. The van der Waals surface area contributed by atoms with Crippen molar-refractivity contribution in [3.05, 3.63) is 99.6 Å². The number of carbonyl (C=O) groups excluding carboxylic acids is 3. The molecule has 2 aliphatic heterocycles. The predicted octanol–water partition coefficient (Wildman–Crippen LogP) is 4.60. The number of benzene rings is 3. The average Bonchev–Trinajstić information content (AvgIpc) is 3.44. The van der Waals surface area contributed by atoms with Gasteiger partial charge in [-0.25, -0.2) is 4.79 Å². The Hall–Kier alpha value is -4.73. The molecule has 0 saturated carbocycles. The highest BCUT2D eigenvalue weighted by Crippen LogP contribution is 2.54. The van der Waals surface area contributed by atoms with Crippen molar-refractivity contribution in [3.63, 3.8) is 0 Å². The summed E-state index contributed by atoms with van der Waals surface area (Å²) in [6.07, 6.45) is 0. The van der Waals surface area contributed by atoms with Gasteiger partial charge in [-0.15, -0.1) is 0 Å². The zero-order valence-electron chi connectivity index (χ0n) is 21.6. The molecule has 0 aromatic heterocycles. The lowest BCUT2D eigenvalue weighted by Gasteiger charge is -2.28. The molecular formula is C29H27N3O7. The molecule has 3 amide bonds. The van der Waals surface area contributed by atoms with Crippen molar-refractivity contribution in [2.75, 3.05) is 20.8 Å². The van der Waals surface area contributed by atoms with E-state index in [2.05, 4.69) is 0 Å². The fourth-order valence-corrected chi connectivity index (χ4v) is 5.83. The third kappa shape index (κ3) is 4.18. The number of nitrogens with zero attached hydrogens (tertiary/aromatic N) is 3. The molecular weight excluding hydrogens is 502 g/mol. The molecule has 39 heavy (non-hydrogen) atoms. The number of ether oxygens (including phenoxy) is 2. The fraction of sp³-hybridized carbons (Fsp3) is 0.276. The van der Waals surface area contributed by atoms with Crippen molar-refractivity contribution < 1.29 is 28.8 Å². The van der Waals surface area contributed by atoms with Crippen molar-refractivity contribution >= 4 is 23.4 Å². The Balaban J connectivity index is 1.76. The molecule has 0 radical (unpaired) electrons. The Bertz CT molecular complexity index is 1440. The molecule has 2 saturated heterocycles. The van der Waals surface area contributed by atoms with Crippen molar-refractivity contribution in [2.45, 2.75) is 24.9 Å². The summed E-state index contributed by atoms with van der Waals surface area (Å²) in [6, 6.07) is 17.7. The lowest BCUT2D eigenvalue weighted by Crippen LogP contribution is -2.38. The number of likely N-dealkylation sites (N-methyl/N-ethyl adjacent to an activating group) is 1. The van der Waals surface area contributed by atoms with Crippen LogP contribution in [-0.2, 0) is 4.79 Å². The van der Waals surface area contributed by atoms with Gasteiger partial charge in [0.15, 0.2) is 11.5 Å². The maximum absolute atomic E-state index is 14.2. The van der Waals surface area contributed by atoms with E-state index in [-0.39, 0.29) is 23.8 Å². The first-order valence-corrected chi connectivity index (χ1v) is 12.5. The molecule has 2 heterocycles. The first-order chi connectivity index (χ1) is 18.8. The van der Waals surface area contributed by atoms with Gasteiger partial charge in [0.1, 0.15) is 11.8 Å². The van der Waals surface area contributed by atoms with E-state index >= 15 is 0 Å². The second-order valence-electron chi connectivity index (χ2n) is 9.41. The normalized spacial score (nSPS) is 22.1. The molecule has 5 rings (SSSR count). The van der Waals surface area contributed by atoms with Crippen LogP contribution in [0.25, 0.3) is 0 Å². The van der Waals surface area contributed by atoms with Gasteiger partial charge in [-0.05, 0) is 36.2 Å². The minimum atomic E-state index is -0.963. The number of carbonyl (C=O) groups is 3. The van der Waals surface area contributed by atoms with Crippen LogP contribution in [0.5, 0.6) is 11.5 Å². The SMILES string of the molecule is CCN1C(=O)C2C(c3ccc(OC)cc3)C(C(=O)c3ccccc3)C(c3ccc(OC)c([N+](=O)[O-])c3)N2C1=O. The monoisotopic (exact) mass is 529 g/mol. The summed E-state index contributed by atoms with van der Waals surface area (Å²) >= 11 is 0. The Kier molecular flexibility index (Phi) is 6.78. The van der Waals surface area contributed by atoms with Crippen molar-refractivity contribution in [1.29, 1.82) is 0 Å².